The Labute approximate surface area is 167 Å². The van der Waals surface area contributed by atoms with Crippen LogP contribution in [0.2, 0.25) is 0 Å². The molecular weight excluding hydrogens is 376 g/mol. The van der Waals surface area contributed by atoms with E-state index in [9.17, 15) is 14.4 Å². The van der Waals surface area contributed by atoms with Gasteiger partial charge in [-0.1, -0.05) is 18.2 Å². The van der Waals surface area contributed by atoms with Crippen LogP contribution in [-0.4, -0.2) is 48.6 Å². The number of imide groups is 1. The summed E-state index contributed by atoms with van der Waals surface area (Å²) in [7, 11) is 1.50. The third-order valence-electron chi connectivity index (χ3n) is 5.03. The molecule has 2 aliphatic heterocycles. The number of benzene rings is 2. The Balaban J connectivity index is 1.49. The van der Waals surface area contributed by atoms with Crippen molar-refractivity contribution in [2.45, 2.75) is 18.9 Å². The Morgan fingerprint density at radius 2 is 1.97 bits per heavy atom. The number of ketones is 1. The minimum Gasteiger partial charge on any atom is -0.497 e. The molecule has 2 aliphatic rings. The van der Waals surface area contributed by atoms with Crippen LogP contribution in [0.3, 0.4) is 0 Å². The first-order valence-corrected chi connectivity index (χ1v) is 9.09. The molecule has 3 amide bonds. The molecule has 8 heteroatoms. The number of ether oxygens (including phenoxy) is 3. The molecule has 150 valence electrons. The topological polar surface area (TPSA) is 94.2 Å². The summed E-state index contributed by atoms with van der Waals surface area (Å²) in [5.74, 6) is 0.982. The second-order valence-electron chi connectivity index (χ2n) is 7.17. The number of hydrogen-bond donors (Lipinski definition) is 1. The smallest absolute Gasteiger partial charge is 0.325 e. The van der Waals surface area contributed by atoms with Crippen molar-refractivity contribution in [2.75, 3.05) is 20.4 Å². The zero-order valence-corrected chi connectivity index (χ0v) is 16.1. The summed E-state index contributed by atoms with van der Waals surface area (Å²) in [5.41, 5.74) is 0.0279. The average molecular weight is 396 g/mol. The lowest BCUT2D eigenvalue weighted by atomic mass is 9.92. The van der Waals surface area contributed by atoms with E-state index in [4.69, 9.17) is 14.2 Å². The normalized spacial score (nSPS) is 20.0. The number of nitrogens with zero attached hydrogens (tertiary/aromatic N) is 1. The number of fused-ring (bicyclic) bond motifs is 1. The van der Waals surface area contributed by atoms with Crippen LogP contribution in [-0.2, 0) is 11.2 Å². The second kappa shape index (κ2) is 7.12. The first-order valence-electron chi connectivity index (χ1n) is 9.09. The number of hydrogen-bond acceptors (Lipinski definition) is 6. The molecule has 0 unspecified atom stereocenters. The molecule has 8 nitrogen and oxygen atoms in total. The molecule has 1 N–H and O–H groups in total. The Morgan fingerprint density at radius 3 is 2.76 bits per heavy atom. The molecular formula is C21H20N2O6. The summed E-state index contributed by atoms with van der Waals surface area (Å²) in [6.07, 6.45) is 0.262. The van der Waals surface area contributed by atoms with Gasteiger partial charge in [0.2, 0.25) is 6.79 Å². The largest absolute Gasteiger partial charge is 0.497 e. The molecule has 0 bridgehead atoms. The van der Waals surface area contributed by atoms with Crippen molar-refractivity contribution in [3.63, 3.8) is 0 Å². The van der Waals surface area contributed by atoms with Gasteiger partial charge in [0.15, 0.2) is 17.3 Å². The number of rotatable bonds is 6. The molecule has 2 heterocycles. The van der Waals surface area contributed by atoms with Gasteiger partial charge in [0.25, 0.3) is 5.91 Å². The van der Waals surface area contributed by atoms with Crippen LogP contribution in [0.1, 0.15) is 22.8 Å². The molecule has 0 aliphatic carbocycles. The molecule has 0 radical (unpaired) electrons. The van der Waals surface area contributed by atoms with Crippen LogP contribution >= 0.6 is 0 Å². The third kappa shape index (κ3) is 3.49. The Morgan fingerprint density at radius 1 is 1.17 bits per heavy atom. The highest BCUT2D eigenvalue weighted by molar-refractivity contribution is 6.11. The fourth-order valence-electron chi connectivity index (χ4n) is 3.50. The van der Waals surface area contributed by atoms with Gasteiger partial charge < -0.3 is 19.5 Å². The minimum absolute atomic E-state index is 0.159. The van der Waals surface area contributed by atoms with Gasteiger partial charge in [-0.25, -0.2) is 4.79 Å². The van der Waals surface area contributed by atoms with Crippen molar-refractivity contribution in [1.82, 2.24) is 10.2 Å². The minimum atomic E-state index is -1.15. The number of carbonyl (C=O) groups is 3. The maximum Gasteiger partial charge on any atom is 0.325 e. The lowest BCUT2D eigenvalue weighted by Gasteiger charge is -2.21. The van der Waals surface area contributed by atoms with Crippen LogP contribution in [0.5, 0.6) is 17.2 Å². The van der Waals surface area contributed by atoms with E-state index in [1.54, 1.807) is 43.3 Å². The molecule has 1 saturated heterocycles. The van der Waals surface area contributed by atoms with E-state index in [0.717, 1.165) is 10.5 Å². The first-order chi connectivity index (χ1) is 13.9. The van der Waals surface area contributed by atoms with Crippen molar-refractivity contribution in [3.05, 3.63) is 53.6 Å². The maximum absolute atomic E-state index is 13.0. The molecule has 0 aromatic heterocycles. The second-order valence-corrected chi connectivity index (χ2v) is 7.17. The Kier molecular flexibility index (Phi) is 4.62. The first kappa shape index (κ1) is 18.8. The maximum atomic E-state index is 13.0. The van der Waals surface area contributed by atoms with Crippen molar-refractivity contribution in [3.8, 4) is 17.2 Å². The number of urea groups is 1. The number of carbonyl (C=O) groups excluding carboxylic acids is 3. The number of amides is 3. The molecule has 2 aromatic carbocycles. The summed E-state index contributed by atoms with van der Waals surface area (Å²) >= 11 is 0. The van der Waals surface area contributed by atoms with Gasteiger partial charge in [-0.2, -0.15) is 0 Å². The van der Waals surface area contributed by atoms with Crippen molar-refractivity contribution < 1.29 is 28.6 Å². The summed E-state index contributed by atoms with van der Waals surface area (Å²) < 4.78 is 15.8. The molecule has 29 heavy (non-hydrogen) atoms. The van der Waals surface area contributed by atoms with Gasteiger partial charge in [0.05, 0.1) is 13.7 Å². The molecule has 0 spiro atoms. The van der Waals surface area contributed by atoms with E-state index in [2.05, 4.69) is 5.32 Å². The summed E-state index contributed by atoms with van der Waals surface area (Å²) in [6.45, 7) is 1.47. The summed E-state index contributed by atoms with van der Waals surface area (Å²) in [4.78, 5) is 39.0. The van der Waals surface area contributed by atoms with Gasteiger partial charge in [-0.3, -0.25) is 14.5 Å². The van der Waals surface area contributed by atoms with Crippen molar-refractivity contribution in [2.24, 2.45) is 0 Å². The number of Topliss-reactive ketones (excluding diaryl/α,β-unsaturated/α-hetero) is 1. The van der Waals surface area contributed by atoms with Crippen LogP contribution < -0.4 is 19.5 Å². The van der Waals surface area contributed by atoms with Crippen LogP contribution in [0.4, 0.5) is 4.79 Å². The number of nitrogens with one attached hydrogen (secondary N) is 1. The zero-order chi connectivity index (χ0) is 20.6. The zero-order valence-electron chi connectivity index (χ0n) is 16.1. The van der Waals surface area contributed by atoms with Crippen LogP contribution in [0.15, 0.2) is 42.5 Å². The highest BCUT2D eigenvalue weighted by atomic mass is 16.7. The quantitative estimate of drug-likeness (QED) is 0.594. The van der Waals surface area contributed by atoms with Crippen molar-refractivity contribution in [1.29, 1.82) is 0 Å². The molecule has 1 fully saturated rings. The highest BCUT2D eigenvalue weighted by Crippen LogP contribution is 2.34. The third-order valence-corrected chi connectivity index (χ3v) is 5.03. The Bertz CT molecular complexity index is 1000. The summed E-state index contributed by atoms with van der Waals surface area (Å²) in [5, 5.41) is 2.71. The van der Waals surface area contributed by atoms with Gasteiger partial charge in [0, 0.05) is 12.0 Å². The van der Waals surface area contributed by atoms with Gasteiger partial charge >= 0.3 is 6.03 Å². The van der Waals surface area contributed by atoms with Crippen LogP contribution in [0, 0.1) is 0 Å². The van der Waals surface area contributed by atoms with Gasteiger partial charge in [-0.05, 0) is 36.8 Å². The Hall–Kier alpha value is -3.55. The lowest BCUT2D eigenvalue weighted by molar-refractivity contribution is -0.130. The molecule has 1 atom stereocenters. The lowest BCUT2D eigenvalue weighted by Crippen LogP contribution is -2.46. The molecule has 0 saturated carbocycles. The standard InChI is InChI=1S/C21H20N2O6/c1-21(10-13-6-7-17-18(8-13)29-12-28-17)19(25)23(20(26)22-21)11-16(24)14-4-3-5-15(9-14)27-2/h3-9H,10-12H2,1-2H3,(H,22,26)/t21-/m0/s1. The average Bonchev–Trinajstić information content (AvgIpc) is 3.26. The monoisotopic (exact) mass is 396 g/mol. The van der Waals surface area contributed by atoms with Crippen LogP contribution in [0.25, 0.3) is 0 Å². The fraction of sp³-hybridized carbons (Fsp3) is 0.286. The van der Waals surface area contributed by atoms with Gasteiger partial charge in [0.1, 0.15) is 11.3 Å². The van der Waals surface area contributed by atoms with E-state index < -0.39 is 17.5 Å². The van der Waals surface area contributed by atoms with E-state index in [-0.39, 0.29) is 25.5 Å². The van der Waals surface area contributed by atoms with Crippen molar-refractivity contribution >= 4 is 17.7 Å². The predicted molar refractivity (Wildman–Crippen MR) is 102 cm³/mol. The number of methoxy groups -OCH3 is 1. The molecule has 2 aromatic rings. The highest BCUT2D eigenvalue weighted by Gasteiger charge is 2.48. The van der Waals surface area contributed by atoms with E-state index in [1.165, 1.54) is 7.11 Å². The van der Waals surface area contributed by atoms with E-state index in [1.807, 2.05) is 6.07 Å². The fourth-order valence-corrected chi connectivity index (χ4v) is 3.50. The van der Waals surface area contributed by atoms with E-state index >= 15 is 0 Å². The summed E-state index contributed by atoms with van der Waals surface area (Å²) in [6, 6.07) is 11.4. The molecule has 4 rings (SSSR count). The van der Waals surface area contributed by atoms with Gasteiger partial charge in [-0.15, -0.1) is 0 Å². The van der Waals surface area contributed by atoms with E-state index in [0.29, 0.717) is 22.8 Å². The predicted octanol–water partition coefficient (Wildman–Crippen LogP) is 2.16. The SMILES string of the molecule is COc1cccc(C(=O)CN2C(=O)N[C@@](C)(Cc3ccc4c(c3)OCO4)C2=O)c1.